The molecule has 0 fully saturated rings. The van der Waals surface area contributed by atoms with E-state index in [0.29, 0.717) is 11.3 Å². The average molecular weight is 359 g/mol. The van der Waals surface area contributed by atoms with Crippen molar-refractivity contribution in [2.75, 3.05) is 6.61 Å². The number of ketones is 1. The first-order valence-electron chi connectivity index (χ1n) is 9.28. The van der Waals surface area contributed by atoms with Crippen LogP contribution in [0.25, 0.3) is 0 Å². The summed E-state index contributed by atoms with van der Waals surface area (Å²) < 4.78 is 6.10. The summed E-state index contributed by atoms with van der Waals surface area (Å²) in [5, 5.41) is 0. The van der Waals surface area contributed by atoms with Gasteiger partial charge >= 0.3 is 0 Å². The second-order valence-electron chi connectivity index (χ2n) is 6.75. The van der Waals surface area contributed by atoms with Crippen molar-refractivity contribution in [2.45, 2.75) is 26.7 Å². The molecule has 1 heterocycles. The van der Waals surface area contributed by atoms with Crippen LogP contribution in [0.2, 0.25) is 0 Å². The minimum atomic E-state index is -0.371. The quantitative estimate of drug-likeness (QED) is 0.597. The molecule has 3 heteroatoms. The van der Waals surface area contributed by atoms with Crippen LogP contribution in [-0.4, -0.2) is 18.1 Å². The Bertz CT molecular complexity index is 923. The van der Waals surface area contributed by atoms with Crippen molar-refractivity contribution in [3.05, 3.63) is 96.0 Å². The molecule has 1 aliphatic carbocycles. The van der Waals surface area contributed by atoms with Crippen LogP contribution < -0.4 is 0 Å². The maximum Gasteiger partial charge on any atom is 0.228 e. The van der Waals surface area contributed by atoms with Crippen molar-refractivity contribution < 1.29 is 9.53 Å². The number of Topliss-reactive ketones (excluding diaryl/α,β-unsaturated/α-hetero) is 1. The Morgan fingerprint density at radius 1 is 1.19 bits per heavy atom. The SMILES string of the molecule is C=C/C=C(\C=C)COC1=C2C(=NC(=C)C2(CC)CC)c2ccccc2C1=O. The third kappa shape index (κ3) is 2.84. The number of nitrogens with zero attached hydrogens (tertiary/aromatic N) is 1. The largest absolute Gasteiger partial charge is 0.484 e. The maximum absolute atomic E-state index is 13.3. The highest BCUT2D eigenvalue weighted by atomic mass is 16.5. The summed E-state index contributed by atoms with van der Waals surface area (Å²) >= 11 is 0. The lowest BCUT2D eigenvalue weighted by atomic mass is 9.70. The number of aliphatic imine (C=N–C) groups is 1. The van der Waals surface area contributed by atoms with E-state index in [1.807, 2.05) is 30.3 Å². The Balaban J connectivity index is 2.19. The molecule has 1 aromatic rings. The summed E-state index contributed by atoms with van der Waals surface area (Å²) in [6.07, 6.45) is 6.84. The predicted octanol–water partition coefficient (Wildman–Crippen LogP) is 5.57. The van der Waals surface area contributed by atoms with Gasteiger partial charge in [-0.2, -0.15) is 0 Å². The zero-order valence-electron chi connectivity index (χ0n) is 16.0. The molecule has 0 saturated heterocycles. The molecule has 3 nitrogen and oxygen atoms in total. The standard InChI is InChI=1S/C24H25NO2/c1-6-12-17(7-2)15-27-23-20-21(25-16(5)24(20,8-3)9-4)18-13-10-11-14-19(18)22(23)26/h6-7,10-14H,1-2,5,8-9,15H2,3-4H3/b17-12+. The van der Waals surface area contributed by atoms with E-state index in [9.17, 15) is 4.79 Å². The van der Waals surface area contributed by atoms with E-state index >= 15 is 0 Å². The zero-order valence-corrected chi connectivity index (χ0v) is 16.0. The fourth-order valence-corrected chi connectivity index (χ4v) is 3.94. The van der Waals surface area contributed by atoms with E-state index in [1.165, 1.54) is 0 Å². The molecule has 0 amide bonds. The molecule has 1 aliphatic heterocycles. The predicted molar refractivity (Wildman–Crippen MR) is 111 cm³/mol. The maximum atomic E-state index is 13.3. The van der Waals surface area contributed by atoms with E-state index in [4.69, 9.17) is 9.73 Å². The van der Waals surface area contributed by atoms with Crippen molar-refractivity contribution >= 4 is 11.5 Å². The van der Waals surface area contributed by atoms with Crippen molar-refractivity contribution in [3.8, 4) is 0 Å². The highest BCUT2D eigenvalue weighted by molar-refractivity contribution is 6.29. The molecule has 2 aliphatic rings. The lowest BCUT2D eigenvalue weighted by Crippen LogP contribution is -2.31. The van der Waals surface area contributed by atoms with Crippen molar-refractivity contribution in [3.63, 3.8) is 0 Å². The molecule has 0 N–H and O–H groups in total. The lowest BCUT2D eigenvalue weighted by Gasteiger charge is -2.32. The molecular weight excluding hydrogens is 334 g/mol. The summed E-state index contributed by atoms with van der Waals surface area (Å²) in [6.45, 7) is 16.2. The molecule has 3 rings (SSSR count). The van der Waals surface area contributed by atoms with Gasteiger partial charge in [0.15, 0.2) is 5.76 Å². The molecular formula is C24H25NO2. The Kier molecular flexibility index (Phi) is 5.13. The van der Waals surface area contributed by atoms with Crippen LogP contribution >= 0.6 is 0 Å². The van der Waals surface area contributed by atoms with Gasteiger partial charge in [0.1, 0.15) is 6.61 Å². The van der Waals surface area contributed by atoms with Crippen LogP contribution in [0.3, 0.4) is 0 Å². The normalized spacial score (nSPS) is 18.0. The number of hydrogen-bond donors (Lipinski definition) is 0. The van der Waals surface area contributed by atoms with Gasteiger partial charge in [0.05, 0.1) is 5.71 Å². The first-order valence-corrected chi connectivity index (χ1v) is 9.28. The summed E-state index contributed by atoms with van der Waals surface area (Å²) in [5.41, 5.74) is 4.47. The van der Waals surface area contributed by atoms with Crippen LogP contribution in [-0.2, 0) is 4.74 Å². The number of carbonyl (C=O) groups excluding carboxylic acids is 1. The Hall–Kier alpha value is -2.94. The highest BCUT2D eigenvalue weighted by Gasteiger charge is 2.48. The second kappa shape index (κ2) is 7.36. The number of hydrogen-bond acceptors (Lipinski definition) is 3. The van der Waals surface area contributed by atoms with Crippen molar-refractivity contribution in [1.29, 1.82) is 0 Å². The van der Waals surface area contributed by atoms with Gasteiger partial charge in [0, 0.05) is 27.8 Å². The van der Waals surface area contributed by atoms with Crippen LogP contribution in [0.15, 0.2) is 89.8 Å². The Morgan fingerprint density at radius 2 is 1.85 bits per heavy atom. The number of benzene rings is 1. The molecule has 0 atom stereocenters. The van der Waals surface area contributed by atoms with Crippen molar-refractivity contribution in [2.24, 2.45) is 10.4 Å². The van der Waals surface area contributed by atoms with Gasteiger partial charge < -0.3 is 4.74 Å². The topological polar surface area (TPSA) is 38.7 Å². The minimum Gasteiger partial charge on any atom is -0.484 e. The minimum absolute atomic E-state index is 0.0949. The van der Waals surface area contributed by atoms with Gasteiger partial charge in [0.2, 0.25) is 5.78 Å². The third-order valence-corrected chi connectivity index (χ3v) is 5.56. The highest BCUT2D eigenvalue weighted by Crippen LogP contribution is 2.52. The van der Waals surface area contributed by atoms with Gasteiger partial charge in [-0.1, -0.05) is 76.1 Å². The molecule has 0 bridgehead atoms. The van der Waals surface area contributed by atoms with Gasteiger partial charge in [-0.15, -0.1) is 0 Å². The lowest BCUT2D eigenvalue weighted by molar-refractivity contribution is 0.0922. The number of allylic oxidation sites excluding steroid dienone is 4. The van der Waals surface area contributed by atoms with Gasteiger partial charge in [0.25, 0.3) is 0 Å². The molecule has 0 radical (unpaired) electrons. The van der Waals surface area contributed by atoms with E-state index in [2.05, 4.69) is 33.6 Å². The van der Waals surface area contributed by atoms with Crippen LogP contribution in [0.5, 0.6) is 0 Å². The van der Waals surface area contributed by atoms with Gasteiger partial charge in [-0.3, -0.25) is 9.79 Å². The average Bonchev–Trinajstić information content (AvgIpc) is 2.99. The molecule has 0 unspecified atom stereocenters. The molecule has 138 valence electrons. The molecule has 0 saturated carbocycles. The summed E-state index contributed by atoms with van der Waals surface area (Å²) in [4.78, 5) is 18.1. The first kappa shape index (κ1) is 18.8. The fourth-order valence-electron chi connectivity index (χ4n) is 3.94. The number of carbonyl (C=O) groups is 1. The number of fused-ring (bicyclic) bond motifs is 3. The number of ether oxygens (including phenoxy) is 1. The van der Waals surface area contributed by atoms with E-state index in [1.54, 1.807) is 12.2 Å². The van der Waals surface area contributed by atoms with Gasteiger partial charge in [-0.05, 0) is 18.4 Å². The second-order valence-corrected chi connectivity index (χ2v) is 6.75. The van der Waals surface area contributed by atoms with Crippen LogP contribution in [0.1, 0.15) is 42.6 Å². The monoisotopic (exact) mass is 359 g/mol. The molecule has 27 heavy (non-hydrogen) atoms. The zero-order chi connectivity index (χ0) is 19.6. The van der Waals surface area contributed by atoms with Crippen molar-refractivity contribution in [1.82, 2.24) is 0 Å². The molecule has 0 aromatic heterocycles. The fraction of sp³-hybridized carbons (Fsp3) is 0.250. The first-order chi connectivity index (χ1) is 13.0. The van der Waals surface area contributed by atoms with E-state index in [-0.39, 0.29) is 17.8 Å². The van der Waals surface area contributed by atoms with E-state index < -0.39 is 0 Å². The summed E-state index contributed by atoms with van der Waals surface area (Å²) in [7, 11) is 0. The Morgan fingerprint density at radius 3 is 2.44 bits per heavy atom. The summed E-state index contributed by atoms with van der Waals surface area (Å²) in [6, 6.07) is 7.57. The Labute approximate surface area is 161 Å². The summed E-state index contributed by atoms with van der Waals surface area (Å²) in [5.74, 6) is 0.286. The van der Waals surface area contributed by atoms with Crippen LogP contribution in [0, 0.1) is 5.41 Å². The van der Waals surface area contributed by atoms with E-state index in [0.717, 1.165) is 41.0 Å². The van der Waals surface area contributed by atoms with Gasteiger partial charge in [-0.25, -0.2) is 0 Å². The van der Waals surface area contributed by atoms with Crippen LogP contribution in [0.4, 0.5) is 0 Å². The third-order valence-electron chi connectivity index (χ3n) is 5.56. The smallest absolute Gasteiger partial charge is 0.228 e. The molecule has 1 aromatic carbocycles. The number of rotatable bonds is 7. The molecule has 0 spiro atoms.